The van der Waals surface area contributed by atoms with Gasteiger partial charge in [0.2, 0.25) is 0 Å². The molecule has 1 atom stereocenters. The number of hydrogen-bond donors (Lipinski definition) is 2. The van der Waals surface area contributed by atoms with Gasteiger partial charge in [0, 0.05) is 13.7 Å². The highest BCUT2D eigenvalue weighted by atomic mass is 16.5. The molecule has 0 aromatic carbocycles. The largest absolute Gasteiger partial charge is 0.393 e. The van der Waals surface area contributed by atoms with Crippen LogP contribution in [0, 0.1) is 0 Å². The zero-order valence-corrected chi connectivity index (χ0v) is 9.29. The summed E-state index contributed by atoms with van der Waals surface area (Å²) >= 11 is 0. The van der Waals surface area contributed by atoms with Crippen molar-refractivity contribution in [1.82, 2.24) is 5.32 Å². The number of aliphatic hydroxyl groups is 1. The van der Waals surface area contributed by atoms with Crippen LogP contribution in [-0.2, 0) is 9.47 Å². The van der Waals surface area contributed by atoms with Crippen molar-refractivity contribution >= 4 is 0 Å². The average Bonchev–Trinajstić information content (AvgIpc) is 2.21. The van der Waals surface area contributed by atoms with Crippen molar-refractivity contribution in [3.63, 3.8) is 0 Å². The summed E-state index contributed by atoms with van der Waals surface area (Å²) < 4.78 is 10.1. The van der Waals surface area contributed by atoms with E-state index in [9.17, 15) is 5.11 Å². The van der Waals surface area contributed by atoms with Crippen LogP contribution in [0.25, 0.3) is 0 Å². The summed E-state index contributed by atoms with van der Waals surface area (Å²) in [5.74, 6) is 0. The summed E-state index contributed by atoms with van der Waals surface area (Å²) in [5.41, 5.74) is 0. The van der Waals surface area contributed by atoms with E-state index in [-0.39, 0.29) is 6.10 Å². The molecule has 0 spiro atoms. The maximum Gasteiger partial charge on any atom is 0.0700 e. The molecule has 86 valence electrons. The molecule has 0 radical (unpaired) electrons. The molecule has 0 saturated heterocycles. The zero-order chi connectivity index (χ0) is 10.6. The Balaban J connectivity index is 2.92. The fourth-order valence-corrected chi connectivity index (χ4v) is 0.986. The van der Waals surface area contributed by atoms with Crippen molar-refractivity contribution < 1.29 is 14.6 Å². The lowest BCUT2D eigenvalue weighted by molar-refractivity contribution is 0.0715. The van der Waals surface area contributed by atoms with E-state index in [0.717, 1.165) is 25.9 Å². The molecule has 0 rings (SSSR count). The monoisotopic (exact) mass is 205 g/mol. The molecule has 4 nitrogen and oxygen atoms in total. The van der Waals surface area contributed by atoms with Gasteiger partial charge >= 0.3 is 0 Å². The van der Waals surface area contributed by atoms with Gasteiger partial charge in [-0.3, -0.25) is 0 Å². The van der Waals surface area contributed by atoms with Gasteiger partial charge in [-0.1, -0.05) is 6.92 Å². The Kier molecular flexibility index (Phi) is 10.8. The Morgan fingerprint density at radius 1 is 1.21 bits per heavy atom. The highest BCUT2D eigenvalue weighted by Gasteiger charge is 1.98. The molecular formula is C10H23NO3. The van der Waals surface area contributed by atoms with Crippen molar-refractivity contribution in [3.8, 4) is 0 Å². The molecule has 0 bridgehead atoms. The second kappa shape index (κ2) is 10.9. The lowest BCUT2D eigenvalue weighted by atomic mass is 10.2. The molecule has 0 fully saturated rings. The highest BCUT2D eigenvalue weighted by molar-refractivity contribution is 4.55. The number of hydrogen-bond acceptors (Lipinski definition) is 4. The molecule has 14 heavy (non-hydrogen) atoms. The van der Waals surface area contributed by atoms with Gasteiger partial charge in [0.1, 0.15) is 0 Å². The van der Waals surface area contributed by atoms with Crippen LogP contribution < -0.4 is 5.32 Å². The maximum absolute atomic E-state index is 9.24. The molecule has 0 heterocycles. The van der Waals surface area contributed by atoms with Crippen LogP contribution in [-0.4, -0.2) is 51.2 Å². The standard InChI is InChI=1S/C10H23NO3/c1-3-10(12)4-5-11-6-7-14-9-8-13-2/h10-12H,3-9H2,1-2H3. The average molecular weight is 205 g/mol. The summed E-state index contributed by atoms with van der Waals surface area (Å²) in [6.07, 6.45) is 1.47. The van der Waals surface area contributed by atoms with Crippen molar-refractivity contribution in [2.45, 2.75) is 25.9 Å². The van der Waals surface area contributed by atoms with E-state index in [1.54, 1.807) is 7.11 Å². The van der Waals surface area contributed by atoms with Crippen molar-refractivity contribution in [1.29, 1.82) is 0 Å². The van der Waals surface area contributed by atoms with E-state index in [1.165, 1.54) is 0 Å². The first kappa shape index (κ1) is 13.8. The topological polar surface area (TPSA) is 50.7 Å². The van der Waals surface area contributed by atoms with Crippen molar-refractivity contribution in [3.05, 3.63) is 0 Å². The van der Waals surface area contributed by atoms with Gasteiger partial charge in [-0.15, -0.1) is 0 Å². The van der Waals surface area contributed by atoms with E-state index in [1.807, 2.05) is 6.92 Å². The van der Waals surface area contributed by atoms with E-state index >= 15 is 0 Å². The third-order valence-electron chi connectivity index (χ3n) is 1.98. The van der Waals surface area contributed by atoms with Gasteiger partial charge in [-0.05, 0) is 19.4 Å². The van der Waals surface area contributed by atoms with E-state index in [2.05, 4.69) is 5.32 Å². The number of nitrogens with one attached hydrogen (secondary N) is 1. The summed E-state index contributed by atoms with van der Waals surface area (Å²) in [4.78, 5) is 0. The van der Waals surface area contributed by atoms with Gasteiger partial charge in [0.05, 0.1) is 25.9 Å². The molecular weight excluding hydrogens is 182 g/mol. The molecule has 0 aromatic heterocycles. The number of methoxy groups -OCH3 is 1. The molecule has 4 heteroatoms. The van der Waals surface area contributed by atoms with Gasteiger partial charge in [0.25, 0.3) is 0 Å². The Bertz CT molecular complexity index is 112. The molecule has 0 aliphatic rings. The second-order valence-corrected chi connectivity index (χ2v) is 3.21. The fourth-order valence-electron chi connectivity index (χ4n) is 0.986. The lowest BCUT2D eigenvalue weighted by Crippen LogP contribution is -2.24. The molecule has 2 N–H and O–H groups in total. The van der Waals surface area contributed by atoms with Crippen LogP contribution >= 0.6 is 0 Å². The Morgan fingerprint density at radius 2 is 2.00 bits per heavy atom. The SMILES string of the molecule is CCC(O)CCNCCOCCOC. The van der Waals surface area contributed by atoms with E-state index in [4.69, 9.17) is 9.47 Å². The van der Waals surface area contributed by atoms with Crippen LogP contribution in [0.15, 0.2) is 0 Å². The van der Waals surface area contributed by atoms with E-state index in [0.29, 0.717) is 19.8 Å². The predicted molar refractivity (Wildman–Crippen MR) is 56.5 cm³/mol. The minimum Gasteiger partial charge on any atom is -0.393 e. The molecule has 0 amide bonds. The van der Waals surface area contributed by atoms with Gasteiger partial charge in [0.15, 0.2) is 0 Å². The van der Waals surface area contributed by atoms with Crippen LogP contribution in [0.2, 0.25) is 0 Å². The van der Waals surface area contributed by atoms with Gasteiger partial charge in [-0.2, -0.15) is 0 Å². The van der Waals surface area contributed by atoms with Crippen LogP contribution in [0.3, 0.4) is 0 Å². The smallest absolute Gasteiger partial charge is 0.0700 e. The Hall–Kier alpha value is -0.160. The third kappa shape index (κ3) is 9.92. The lowest BCUT2D eigenvalue weighted by Gasteiger charge is -2.08. The summed E-state index contributed by atoms with van der Waals surface area (Å²) in [6.45, 7) is 5.66. The Morgan fingerprint density at radius 3 is 2.64 bits per heavy atom. The minimum absolute atomic E-state index is 0.170. The van der Waals surface area contributed by atoms with Crippen LogP contribution in [0.1, 0.15) is 19.8 Å². The van der Waals surface area contributed by atoms with Gasteiger partial charge in [-0.25, -0.2) is 0 Å². The molecule has 0 saturated carbocycles. The minimum atomic E-state index is -0.170. The number of ether oxygens (including phenoxy) is 2. The van der Waals surface area contributed by atoms with Crippen molar-refractivity contribution in [2.75, 3.05) is 40.0 Å². The van der Waals surface area contributed by atoms with Crippen molar-refractivity contribution in [2.24, 2.45) is 0 Å². The summed E-state index contributed by atoms with van der Waals surface area (Å²) in [7, 11) is 1.66. The van der Waals surface area contributed by atoms with E-state index < -0.39 is 0 Å². The Labute approximate surface area is 86.6 Å². The summed E-state index contributed by atoms with van der Waals surface area (Å²) in [5, 5.41) is 12.4. The fraction of sp³-hybridized carbons (Fsp3) is 1.00. The third-order valence-corrected chi connectivity index (χ3v) is 1.98. The first-order valence-corrected chi connectivity index (χ1v) is 5.26. The second-order valence-electron chi connectivity index (χ2n) is 3.21. The first-order valence-electron chi connectivity index (χ1n) is 5.26. The zero-order valence-electron chi connectivity index (χ0n) is 9.29. The highest BCUT2D eigenvalue weighted by Crippen LogP contribution is 1.93. The molecule has 1 unspecified atom stereocenters. The molecule has 0 aliphatic heterocycles. The predicted octanol–water partition coefficient (Wildman–Crippen LogP) is 0.400. The number of aliphatic hydroxyl groups excluding tert-OH is 1. The maximum atomic E-state index is 9.24. The molecule has 0 aliphatic carbocycles. The van der Waals surface area contributed by atoms with Crippen LogP contribution in [0.5, 0.6) is 0 Å². The van der Waals surface area contributed by atoms with Crippen LogP contribution in [0.4, 0.5) is 0 Å². The first-order chi connectivity index (χ1) is 6.81. The molecule has 0 aromatic rings. The quantitative estimate of drug-likeness (QED) is 0.507. The summed E-state index contributed by atoms with van der Waals surface area (Å²) in [6, 6.07) is 0. The normalized spacial score (nSPS) is 13.1. The number of rotatable bonds is 10. The van der Waals surface area contributed by atoms with Gasteiger partial charge < -0.3 is 19.9 Å².